The highest BCUT2D eigenvalue weighted by molar-refractivity contribution is 6.56. The first-order valence-corrected chi connectivity index (χ1v) is 6.91. The SMILES string of the molecule is CCOC(=O)C(=[N+]=[N-])C(=C(F)B1OC(C)(C)C(C)(C)O1)C(F)F. The highest BCUT2D eigenvalue weighted by Gasteiger charge is 2.55. The Morgan fingerprint density at radius 2 is 1.74 bits per heavy atom. The number of ether oxygens (including phenoxy) is 1. The number of esters is 1. The molecule has 1 aliphatic rings. The minimum atomic E-state index is -3.44. The number of hydrogen-bond acceptors (Lipinski definition) is 4. The Labute approximate surface area is 132 Å². The molecule has 0 aromatic heterocycles. The van der Waals surface area contributed by atoms with E-state index in [4.69, 9.17) is 14.8 Å². The van der Waals surface area contributed by atoms with Crippen LogP contribution in [-0.2, 0) is 18.8 Å². The summed E-state index contributed by atoms with van der Waals surface area (Å²) in [5.74, 6) is -1.38. The average Bonchev–Trinajstić information content (AvgIpc) is 2.63. The predicted octanol–water partition coefficient (Wildman–Crippen LogP) is 2.34. The van der Waals surface area contributed by atoms with Gasteiger partial charge >= 0.3 is 18.8 Å². The molecular formula is C13H18BF3N2O4. The van der Waals surface area contributed by atoms with Gasteiger partial charge in [-0.15, -0.1) is 0 Å². The van der Waals surface area contributed by atoms with E-state index in [0.717, 1.165) is 0 Å². The van der Waals surface area contributed by atoms with Crippen LogP contribution in [0.4, 0.5) is 13.2 Å². The molecule has 0 atom stereocenters. The van der Waals surface area contributed by atoms with Crippen molar-refractivity contribution in [2.24, 2.45) is 0 Å². The van der Waals surface area contributed by atoms with Gasteiger partial charge in [0, 0.05) is 0 Å². The van der Waals surface area contributed by atoms with Crippen molar-refractivity contribution in [3.63, 3.8) is 0 Å². The summed E-state index contributed by atoms with van der Waals surface area (Å²) < 4.78 is 56.0. The second-order valence-electron chi connectivity index (χ2n) is 5.82. The van der Waals surface area contributed by atoms with Gasteiger partial charge < -0.3 is 19.6 Å². The lowest BCUT2D eigenvalue weighted by molar-refractivity contribution is -0.139. The molecule has 0 aromatic rings. The van der Waals surface area contributed by atoms with Gasteiger partial charge in [0.05, 0.1) is 17.8 Å². The topological polar surface area (TPSA) is 81.2 Å². The van der Waals surface area contributed by atoms with E-state index in [1.54, 1.807) is 27.7 Å². The van der Waals surface area contributed by atoms with Crippen molar-refractivity contribution in [3.05, 3.63) is 16.8 Å². The number of halogens is 3. The van der Waals surface area contributed by atoms with E-state index in [9.17, 15) is 18.0 Å². The third-order valence-corrected chi connectivity index (χ3v) is 3.76. The second-order valence-corrected chi connectivity index (χ2v) is 5.82. The van der Waals surface area contributed by atoms with E-state index in [1.165, 1.54) is 6.92 Å². The lowest BCUT2D eigenvalue weighted by Crippen LogP contribution is -2.41. The van der Waals surface area contributed by atoms with Gasteiger partial charge in [-0.3, -0.25) is 0 Å². The van der Waals surface area contributed by atoms with E-state index < -0.39 is 47.7 Å². The molecule has 1 heterocycles. The van der Waals surface area contributed by atoms with Gasteiger partial charge in [-0.05, 0) is 34.6 Å². The lowest BCUT2D eigenvalue weighted by atomic mass is 9.83. The molecule has 0 N–H and O–H groups in total. The number of carbonyl (C=O) groups excluding carboxylic acids is 1. The summed E-state index contributed by atoms with van der Waals surface area (Å²) in [5.41, 5.74) is 2.68. The zero-order chi connectivity index (χ0) is 18.0. The minimum Gasteiger partial charge on any atom is -0.457 e. The quantitative estimate of drug-likeness (QED) is 0.254. The average molecular weight is 334 g/mol. The van der Waals surface area contributed by atoms with Crippen LogP contribution < -0.4 is 0 Å². The molecule has 0 aromatic carbocycles. The maximum Gasteiger partial charge on any atom is 0.526 e. The first kappa shape index (κ1) is 19.4. The van der Waals surface area contributed by atoms with Gasteiger partial charge in [0.15, 0.2) is 0 Å². The molecule has 10 heteroatoms. The predicted molar refractivity (Wildman–Crippen MR) is 75.5 cm³/mol. The van der Waals surface area contributed by atoms with E-state index in [-0.39, 0.29) is 6.61 Å². The van der Waals surface area contributed by atoms with Gasteiger partial charge in [-0.2, -0.15) is 4.79 Å². The number of nitrogens with zero attached hydrogens (tertiary/aromatic N) is 2. The zero-order valence-electron chi connectivity index (χ0n) is 13.5. The van der Waals surface area contributed by atoms with Crippen molar-refractivity contribution in [2.75, 3.05) is 6.61 Å². The van der Waals surface area contributed by atoms with Crippen LogP contribution in [0.1, 0.15) is 34.6 Å². The molecule has 0 radical (unpaired) electrons. The number of carbonyl (C=O) groups is 1. The first-order chi connectivity index (χ1) is 10.5. The Kier molecular flexibility index (Phi) is 5.79. The second kappa shape index (κ2) is 6.86. The van der Waals surface area contributed by atoms with Crippen LogP contribution in [0.25, 0.3) is 5.53 Å². The Bertz CT molecular complexity index is 556. The number of hydrogen-bond donors (Lipinski definition) is 0. The van der Waals surface area contributed by atoms with Crippen LogP contribution in [0.2, 0.25) is 0 Å². The highest BCUT2D eigenvalue weighted by Crippen LogP contribution is 2.39. The summed E-state index contributed by atoms with van der Waals surface area (Å²) in [6.07, 6.45) is -3.44. The Balaban J connectivity index is 3.30. The van der Waals surface area contributed by atoms with E-state index in [2.05, 4.69) is 9.53 Å². The van der Waals surface area contributed by atoms with E-state index in [0.29, 0.717) is 0 Å². The van der Waals surface area contributed by atoms with Gasteiger partial charge in [0.25, 0.3) is 6.43 Å². The lowest BCUT2D eigenvalue weighted by Gasteiger charge is -2.32. The Morgan fingerprint density at radius 1 is 1.26 bits per heavy atom. The number of alkyl halides is 2. The van der Waals surface area contributed by atoms with Crippen molar-refractivity contribution < 1.29 is 36.8 Å². The summed E-state index contributed by atoms with van der Waals surface area (Å²) in [5, 5.41) is 0. The molecule has 6 nitrogen and oxygen atoms in total. The van der Waals surface area contributed by atoms with Crippen molar-refractivity contribution >= 4 is 18.8 Å². The molecule has 1 saturated heterocycles. The molecule has 0 bridgehead atoms. The van der Waals surface area contributed by atoms with Crippen molar-refractivity contribution in [1.82, 2.24) is 0 Å². The summed E-state index contributed by atoms with van der Waals surface area (Å²) >= 11 is 0. The van der Waals surface area contributed by atoms with Crippen LogP contribution in [0.15, 0.2) is 11.3 Å². The first-order valence-electron chi connectivity index (χ1n) is 6.91. The van der Waals surface area contributed by atoms with Gasteiger partial charge in [-0.25, -0.2) is 18.0 Å². The molecule has 23 heavy (non-hydrogen) atoms. The highest BCUT2D eigenvalue weighted by atomic mass is 19.3. The summed E-state index contributed by atoms with van der Waals surface area (Å²) in [7, 11) is -1.75. The fourth-order valence-electron chi connectivity index (χ4n) is 1.80. The largest absolute Gasteiger partial charge is 0.526 e. The Morgan fingerprint density at radius 3 is 2.09 bits per heavy atom. The molecule has 0 aliphatic carbocycles. The fourth-order valence-corrected chi connectivity index (χ4v) is 1.80. The summed E-state index contributed by atoms with van der Waals surface area (Å²) in [4.78, 5) is 14.0. The molecule has 1 fully saturated rings. The van der Waals surface area contributed by atoms with Gasteiger partial charge in [0.1, 0.15) is 11.3 Å². The summed E-state index contributed by atoms with van der Waals surface area (Å²) in [6, 6.07) is 0. The molecule has 128 valence electrons. The maximum absolute atomic E-state index is 14.5. The van der Waals surface area contributed by atoms with Crippen LogP contribution in [0.5, 0.6) is 0 Å². The van der Waals surface area contributed by atoms with Crippen molar-refractivity contribution in [2.45, 2.75) is 52.2 Å². The molecule has 1 aliphatic heterocycles. The zero-order valence-corrected chi connectivity index (χ0v) is 13.5. The third kappa shape index (κ3) is 3.83. The van der Waals surface area contributed by atoms with E-state index >= 15 is 0 Å². The number of rotatable bonds is 5. The van der Waals surface area contributed by atoms with Crippen LogP contribution in [0.3, 0.4) is 0 Å². The normalized spacial score (nSPS) is 20.1. The van der Waals surface area contributed by atoms with Crippen LogP contribution in [0, 0.1) is 0 Å². The fraction of sp³-hybridized carbons (Fsp3) is 0.692. The standard InChI is InChI=1S/C13H18BF3N2O4/c1-6-21-11(20)8(19-18)7(10(16)17)9(15)14-22-12(2,3)13(4,5)23-14/h10H,6H2,1-5H3. The molecular weight excluding hydrogens is 316 g/mol. The van der Waals surface area contributed by atoms with E-state index in [1.807, 2.05) is 0 Å². The minimum absolute atomic E-state index is 0.160. The third-order valence-electron chi connectivity index (χ3n) is 3.76. The Hall–Kier alpha value is -1.64. The molecule has 1 rings (SSSR count). The maximum atomic E-state index is 14.5. The van der Waals surface area contributed by atoms with Crippen molar-refractivity contribution in [1.29, 1.82) is 0 Å². The van der Waals surface area contributed by atoms with Crippen LogP contribution in [-0.4, -0.2) is 47.8 Å². The molecule has 0 spiro atoms. The van der Waals surface area contributed by atoms with Gasteiger partial charge in [0.2, 0.25) is 0 Å². The molecule has 0 saturated carbocycles. The summed E-state index contributed by atoms with van der Waals surface area (Å²) in [6.45, 7) is 7.68. The van der Waals surface area contributed by atoms with Gasteiger partial charge in [-0.1, -0.05) is 0 Å². The van der Waals surface area contributed by atoms with Crippen LogP contribution >= 0.6 is 0 Å². The van der Waals surface area contributed by atoms with Crippen molar-refractivity contribution in [3.8, 4) is 0 Å². The molecule has 0 unspecified atom stereocenters. The molecule has 0 amide bonds. The smallest absolute Gasteiger partial charge is 0.457 e. The monoisotopic (exact) mass is 334 g/mol.